The van der Waals surface area contributed by atoms with Crippen LogP contribution in [0.15, 0.2) is 63.4 Å². The molecule has 1 aliphatic carbocycles. The van der Waals surface area contributed by atoms with Crippen LogP contribution in [0.25, 0.3) is 10.9 Å². The SMILES string of the molecule is Cc1ccc(Sn2c(CNC(=O)C3(C)CC3)cc3cc(/C=N/O)c(OCc4cscn4)cc32)cc1. The fraction of sp³-hybridized carbons (Fsp3) is 0.269. The predicted molar refractivity (Wildman–Crippen MR) is 139 cm³/mol. The van der Waals surface area contributed by atoms with Crippen molar-refractivity contribution in [3.8, 4) is 5.75 Å². The first-order chi connectivity index (χ1) is 16.9. The molecule has 1 amide bonds. The molecule has 0 atom stereocenters. The summed E-state index contributed by atoms with van der Waals surface area (Å²) in [5.74, 6) is 0.684. The summed E-state index contributed by atoms with van der Waals surface area (Å²) in [4.78, 5) is 18.0. The Balaban J connectivity index is 1.52. The molecule has 180 valence electrons. The van der Waals surface area contributed by atoms with Crippen LogP contribution in [-0.2, 0) is 17.9 Å². The van der Waals surface area contributed by atoms with Crippen LogP contribution in [0.3, 0.4) is 0 Å². The van der Waals surface area contributed by atoms with Crippen LogP contribution >= 0.6 is 23.3 Å². The summed E-state index contributed by atoms with van der Waals surface area (Å²) >= 11 is 3.11. The highest BCUT2D eigenvalue weighted by Gasteiger charge is 2.44. The van der Waals surface area contributed by atoms with Gasteiger partial charge in [-0.1, -0.05) is 29.8 Å². The van der Waals surface area contributed by atoms with E-state index >= 15 is 0 Å². The molecule has 1 saturated carbocycles. The molecular weight excluding hydrogens is 480 g/mol. The van der Waals surface area contributed by atoms with E-state index in [1.807, 2.05) is 24.4 Å². The quantitative estimate of drug-likeness (QED) is 0.171. The topological polar surface area (TPSA) is 88.7 Å². The van der Waals surface area contributed by atoms with Gasteiger partial charge in [0.1, 0.15) is 12.4 Å². The van der Waals surface area contributed by atoms with E-state index in [0.29, 0.717) is 24.5 Å². The molecule has 7 nitrogen and oxygen atoms in total. The Labute approximate surface area is 212 Å². The van der Waals surface area contributed by atoms with Crippen molar-refractivity contribution in [1.82, 2.24) is 14.3 Å². The number of fused-ring (bicyclic) bond motifs is 1. The Morgan fingerprint density at radius 2 is 2.11 bits per heavy atom. The summed E-state index contributed by atoms with van der Waals surface area (Å²) in [7, 11) is 0. The zero-order valence-corrected chi connectivity index (χ0v) is 21.2. The van der Waals surface area contributed by atoms with Gasteiger partial charge in [-0.25, -0.2) is 4.98 Å². The Kier molecular flexibility index (Phi) is 6.53. The van der Waals surface area contributed by atoms with Gasteiger partial charge in [-0.2, -0.15) is 0 Å². The molecule has 0 unspecified atom stereocenters. The van der Waals surface area contributed by atoms with E-state index in [-0.39, 0.29) is 11.3 Å². The molecule has 0 bridgehead atoms. The first-order valence-electron chi connectivity index (χ1n) is 11.3. The standard InChI is InChI=1S/C26H26N4O3S2/c1-17-3-5-22(6-4-17)35-30-21(13-27-25(31)26(2)7-8-26)10-18-9-19(12-29-32)24(11-23(18)30)33-14-20-15-34-16-28-20/h3-6,9-12,15-16,32H,7-8,13-14H2,1-2H3,(H,27,31)/b29-12+. The van der Waals surface area contributed by atoms with Crippen LogP contribution in [0.4, 0.5) is 0 Å². The summed E-state index contributed by atoms with van der Waals surface area (Å²) in [6.45, 7) is 4.80. The average molecular weight is 507 g/mol. The molecule has 5 rings (SSSR count). The van der Waals surface area contributed by atoms with E-state index in [9.17, 15) is 10.0 Å². The second-order valence-corrected chi connectivity index (χ2v) is 10.8. The van der Waals surface area contributed by atoms with Crippen LogP contribution < -0.4 is 10.1 Å². The third-order valence-corrected chi connectivity index (χ3v) is 7.94. The zero-order valence-electron chi connectivity index (χ0n) is 19.5. The monoisotopic (exact) mass is 506 g/mol. The highest BCUT2D eigenvalue weighted by atomic mass is 32.2. The average Bonchev–Trinajstić information content (AvgIpc) is 3.26. The van der Waals surface area contributed by atoms with Crippen molar-refractivity contribution < 1.29 is 14.7 Å². The fourth-order valence-electron chi connectivity index (χ4n) is 3.77. The largest absolute Gasteiger partial charge is 0.486 e. The van der Waals surface area contributed by atoms with Gasteiger partial charge in [-0.3, -0.25) is 8.77 Å². The van der Waals surface area contributed by atoms with Gasteiger partial charge in [0, 0.05) is 32.7 Å². The second-order valence-electron chi connectivity index (χ2n) is 9.04. The highest BCUT2D eigenvalue weighted by Crippen LogP contribution is 2.45. The highest BCUT2D eigenvalue weighted by molar-refractivity contribution is 7.98. The summed E-state index contributed by atoms with van der Waals surface area (Å²) < 4.78 is 8.20. The van der Waals surface area contributed by atoms with Crippen molar-refractivity contribution >= 4 is 46.3 Å². The van der Waals surface area contributed by atoms with Crippen molar-refractivity contribution in [2.45, 2.75) is 44.7 Å². The lowest BCUT2D eigenvalue weighted by atomic mass is 10.1. The van der Waals surface area contributed by atoms with E-state index < -0.39 is 0 Å². The smallest absolute Gasteiger partial charge is 0.226 e. The van der Waals surface area contributed by atoms with Gasteiger partial charge in [-0.05, 0) is 56.0 Å². The number of hydrogen-bond acceptors (Lipinski definition) is 7. The molecule has 2 aromatic carbocycles. The van der Waals surface area contributed by atoms with Crippen LogP contribution in [0.1, 0.15) is 42.3 Å². The number of oxime groups is 1. The number of thiazole rings is 1. The van der Waals surface area contributed by atoms with Gasteiger partial charge < -0.3 is 15.3 Å². The first-order valence-corrected chi connectivity index (χ1v) is 13.1. The van der Waals surface area contributed by atoms with Gasteiger partial charge in [0.2, 0.25) is 5.91 Å². The maximum Gasteiger partial charge on any atom is 0.226 e. The first kappa shape index (κ1) is 23.4. The minimum absolute atomic E-state index is 0.0926. The summed E-state index contributed by atoms with van der Waals surface area (Å²) in [5.41, 5.74) is 6.14. The van der Waals surface area contributed by atoms with E-state index in [4.69, 9.17) is 4.74 Å². The summed E-state index contributed by atoms with van der Waals surface area (Å²) in [5, 5.41) is 18.5. The molecule has 1 fully saturated rings. The molecule has 0 aliphatic heterocycles. The molecule has 35 heavy (non-hydrogen) atoms. The number of carbonyl (C=O) groups excluding carboxylic acids is 1. The van der Waals surface area contributed by atoms with Crippen molar-refractivity contribution in [1.29, 1.82) is 0 Å². The van der Waals surface area contributed by atoms with Crippen molar-refractivity contribution in [2.24, 2.45) is 10.6 Å². The number of benzene rings is 2. The number of aromatic nitrogens is 2. The number of carbonyl (C=O) groups is 1. The number of amides is 1. The van der Waals surface area contributed by atoms with E-state index in [1.54, 1.807) is 17.5 Å². The number of nitrogens with one attached hydrogen (secondary N) is 1. The van der Waals surface area contributed by atoms with Gasteiger partial charge in [-0.15, -0.1) is 11.3 Å². The lowest BCUT2D eigenvalue weighted by Crippen LogP contribution is -2.30. The van der Waals surface area contributed by atoms with E-state index in [0.717, 1.165) is 40.0 Å². The number of rotatable bonds is 9. The Morgan fingerprint density at radius 3 is 2.80 bits per heavy atom. The second kappa shape index (κ2) is 9.75. The normalized spacial score (nSPS) is 14.5. The summed E-state index contributed by atoms with van der Waals surface area (Å²) in [6, 6.07) is 14.3. The minimum Gasteiger partial charge on any atom is -0.486 e. The van der Waals surface area contributed by atoms with E-state index in [2.05, 4.69) is 56.7 Å². The third-order valence-electron chi connectivity index (χ3n) is 6.21. The lowest BCUT2D eigenvalue weighted by Gasteiger charge is -2.14. The Hall–Kier alpha value is -3.30. The Bertz CT molecular complexity index is 1370. The fourth-order valence-corrected chi connectivity index (χ4v) is 5.27. The molecule has 2 aromatic heterocycles. The molecule has 0 radical (unpaired) electrons. The van der Waals surface area contributed by atoms with Crippen molar-refractivity contribution in [2.75, 3.05) is 0 Å². The van der Waals surface area contributed by atoms with Crippen LogP contribution in [-0.4, -0.2) is 26.3 Å². The van der Waals surface area contributed by atoms with Crippen LogP contribution in [0, 0.1) is 12.3 Å². The van der Waals surface area contributed by atoms with Gasteiger partial charge in [0.25, 0.3) is 0 Å². The third kappa shape index (κ3) is 5.21. The lowest BCUT2D eigenvalue weighted by molar-refractivity contribution is -0.125. The van der Waals surface area contributed by atoms with Gasteiger partial charge >= 0.3 is 0 Å². The van der Waals surface area contributed by atoms with Crippen molar-refractivity contribution in [3.05, 3.63) is 75.9 Å². The number of hydrogen-bond donors (Lipinski definition) is 2. The molecular formula is C26H26N4O3S2. The van der Waals surface area contributed by atoms with Crippen LogP contribution in [0.5, 0.6) is 5.75 Å². The Morgan fingerprint density at radius 1 is 1.31 bits per heavy atom. The molecule has 4 aromatic rings. The molecule has 1 aliphatic rings. The van der Waals surface area contributed by atoms with Gasteiger partial charge in [0.05, 0.1) is 35.2 Å². The number of nitrogens with zero attached hydrogens (tertiary/aromatic N) is 3. The van der Waals surface area contributed by atoms with Crippen molar-refractivity contribution in [3.63, 3.8) is 0 Å². The molecule has 2 N–H and O–H groups in total. The number of ether oxygens (including phenoxy) is 1. The van der Waals surface area contributed by atoms with E-state index in [1.165, 1.54) is 23.1 Å². The zero-order chi connectivity index (χ0) is 24.4. The van der Waals surface area contributed by atoms with Gasteiger partial charge in [0.15, 0.2) is 0 Å². The molecule has 0 spiro atoms. The summed E-state index contributed by atoms with van der Waals surface area (Å²) in [6.07, 6.45) is 3.24. The van der Waals surface area contributed by atoms with Crippen LogP contribution in [0.2, 0.25) is 0 Å². The molecule has 0 saturated heterocycles. The maximum absolute atomic E-state index is 12.6. The maximum atomic E-state index is 12.6. The number of aryl methyl sites for hydroxylation is 1. The minimum atomic E-state index is -0.234. The molecule has 2 heterocycles. The molecule has 9 heteroatoms. The predicted octanol–water partition coefficient (Wildman–Crippen LogP) is 5.77.